The van der Waals surface area contributed by atoms with Gasteiger partial charge in [-0.15, -0.1) is 0 Å². The van der Waals surface area contributed by atoms with E-state index < -0.39 is 0 Å². The summed E-state index contributed by atoms with van der Waals surface area (Å²) in [4.78, 5) is 2.46. The molecule has 0 aromatic heterocycles. The van der Waals surface area contributed by atoms with Crippen LogP contribution in [-0.4, -0.2) is 43.1 Å². The Balaban J connectivity index is 1.90. The number of nitrogens with zero attached hydrogens (tertiary/aromatic N) is 1. The molecule has 5 nitrogen and oxygen atoms in total. The quantitative estimate of drug-likeness (QED) is 0.738. The van der Waals surface area contributed by atoms with Gasteiger partial charge >= 0.3 is 0 Å². The molecule has 2 heterocycles. The number of phenolic OH excluding ortho intramolecular Hbond substituents is 1. The van der Waals surface area contributed by atoms with Crippen molar-refractivity contribution in [3.8, 4) is 17.2 Å². The van der Waals surface area contributed by atoms with Gasteiger partial charge in [0.25, 0.3) is 0 Å². The Labute approximate surface area is 185 Å². The van der Waals surface area contributed by atoms with Crippen molar-refractivity contribution in [3.05, 3.63) is 52.6 Å². The molecule has 0 aliphatic carbocycles. The highest BCUT2D eigenvalue weighted by atomic mass is 16.7. The molecule has 31 heavy (non-hydrogen) atoms. The number of benzene rings is 2. The first-order valence-corrected chi connectivity index (χ1v) is 11.1. The minimum absolute atomic E-state index is 0.0428. The Bertz CT molecular complexity index is 914. The van der Waals surface area contributed by atoms with Gasteiger partial charge in [-0.25, -0.2) is 0 Å². The third-order valence-electron chi connectivity index (χ3n) is 6.19. The van der Waals surface area contributed by atoms with Crippen LogP contribution in [0.5, 0.6) is 17.2 Å². The average molecular weight is 426 g/mol. The molecule has 1 saturated heterocycles. The van der Waals surface area contributed by atoms with E-state index in [1.165, 1.54) is 5.56 Å². The summed E-state index contributed by atoms with van der Waals surface area (Å²) in [5, 5.41) is 11.2. The number of hydrogen-bond acceptors (Lipinski definition) is 5. The summed E-state index contributed by atoms with van der Waals surface area (Å²) in [5.41, 5.74) is 3.96. The maximum absolute atomic E-state index is 11.2. The van der Waals surface area contributed by atoms with Crippen LogP contribution >= 0.6 is 0 Å². The minimum Gasteiger partial charge on any atom is -0.507 e. The number of aromatic hydroxyl groups is 1. The van der Waals surface area contributed by atoms with E-state index in [0.29, 0.717) is 5.75 Å². The van der Waals surface area contributed by atoms with E-state index in [-0.39, 0.29) is 23.7 Å². The number of phenols is 1. The van der Waals surface area contributed by atoms with Crippen molar-refractivity contribution in [2.24, 2.45) is 0 Å². The third-order valence-corrected chi connectivity index (χ3v) is 6.19. The molecule has 0 amide bonds. The van der Waals surface area contributed by atoms with E-state index in [0.717, 1.165) is 54.5 Å². The van der Waals surface area contributed by atoms with Crippen LogP contribution in [0.2, 0.25) is 0 Å². The van der Waals surface area contributed by atoms with Crippen molar-refractivity contribution in [3.63, 3.8) is 0 Å². The molecule has 1 N–H and O–H groups in total. The van der Waals surface area contributed by atoms with Gasteiger partial charge in [0.05, 0.1) is 19.3 Å². The molecule has 5 heteroatoms. The highest BCUT2D eigenvalue weighted by Crippen LogP contribution is 2.44. The van der Waals surface area contributed by atoms with E-state index >= 15 is 0 Å². The molecule has 2 aromatic rings. The lowest BCUT2D eigenvalue weighted by Gasteiger charge is -2.37. The summed E-state index contributed by atoms with van der Waals surface area (Å²) >= 11 is 0. The predicted octanol–water partition coefficient (Wildman–Crippen LogP) is 5.14. The first-order valence-electron chi connectivity index (χ1n) is 11.1. The van der Waals surface area contributed by atoms with Gasteiger partial charge in [-0.1, -0.05) is 47.6 Å². The molecule has 0 spiro atoms. The van der Waals surface area contributed by atoms with Gasteiger partial charge in [0.1, 0.15) is 5.75 Å². The first kappa shape index (κ1) is 22.0. The van der Waals surface area contributed by atoms with Gasteiger partial charge in [-0.05, 0) is 57.3 Å². The molecule has 4 rings (SSSR count). The zero-order valence-corrected chi connectivity index (χ0v) is 19.6. The number of hydrogen-bond donors (Lipinski definition) is 1. The number of fused-ring (bicyclic) bond motifs is 1. The molecule has 0 bridgehead atoms. The zero-order chi connectivity index (χ0) is 22.4. The summed E-state index contributed by atoms with van der Waals surface area (Å²) in [6, 6.07) is 10.7. The summed E-state index contributed by atoms with van der Waals surface area (Å²) in [6.45, 7) is 16.4. The fourth-order valence-electron chi connectivity index (χ4n) is 4.49. The standard InChI is InChI=1S/C26H35NO4/c1-25(2,3)19-13-18(14-20(24(19)28)26(4,5)6)23(27-9-11-29-12-10-27)17-7-8-21-22(15-17)31-16-30-21/h7-8,13-15,23,28H,9-12,16H2,1-6H3. The van der Waals surface area contributed by atoms with Crippen molar-refractivity contribution in [2.45, 2.75) is 58.4 Å². The molecule has 2 aromatic carbocycles. The molecular weight excluding hydrogens is 390 g/mol. The minimum atomic E-state index is -0.176. The van der Waals surface area contributed by atoms with Crippen LogP contribution in [0.1, 0.15) is 69.8 Å². The summed E-state index contributed by atoms with van der Waals surface area (Å²) in [5.74, 6) is 2.00. The molecule has 1 fully saturated rings. The number of rotatable bonds is 3. The Kier molecular flexibility index (Phi) is 5.69. The molecular formula is C26H35NO4. The third kappa shape index (κ3) is 4.39. The van der Waals surface area contributed by atoms with Crippen molar-refractivity contribution >= 4 is 0 Å². The SMILES string of the molecule is CC(C)(C)c1cc(C(c2ccc3c(c2)OCO3)N2CCOCC2)cc(C(C)(C)C)c1O. The zero-order valence-electron chi connectivity index (χ0n) is 19.6. The smallest absolute Gasteiger partial charge is 0.231 e. The topological polar surface area (TPSA) is 51.2 Å². The van der Waals surface area contributed by atoms with Crippen molar-refractivity contribution in [1.29, 1.82) is 0 Å². The second kappa shape index (κ2) is 8.03. The van der Waals surface area contributed by atoms with Crippen LogP contribution in [0.25, 0.3) is 0 Å². The van der Waals surface area contributed by atoms with Crippen LogP contribution in [0, 0.1) is 0 Å². The maximum Gasteiger partial charge on any atom is 0.231 e. The van der Waals surface area contributed by atoms with Crippen molar-refractivity contribution in [2.75, 3.05) is 33.1 Å². The van der Waals surface area contributed by atoms with Gasteiger partial charge in [0, 0.05) is 13.1 Å². The van der Waals surface area contributed by atoms with Gasteiger partial charge < -0.3 is 19.3 Å². The monoisotopic (exact) mass is 425 g/mol. The molecule has 0 radical (unpaired) electrons. The van der Waals surface area contributed by atoms with E-state index in [1.54, 1.807) is 0 Å². The Morgan fingerprint density at radius 1 is 0.806 bits per heavy atom. The summed E-state index contributed by atoms with van der Waals surface area (Å²) in [6.07, 6.45) is 0. The van der Waals surface area contributed by atoms with Crippen LogP contribution < -0.4 is 9.47 Å². The first-order chi connectivity index (χ1) is 14.6. The fourth-order valence-corrected chi connectivity index (χ4v) is 4.49. The van der Waals surface area contributed by atoms with Crippen LogP contribution in [0.4, 0.5) is 0 Å². The van der Waals surface area contributed by atoms with E-state index in [9.17, 15) is 5.11 Å². The lowest BCUT2D eigenvalue weighted by molar-refractivity contribution is 0.0239. The van der Waals surface area contributed by atoms with Gasteiger partial charge in [-0.2, -0.15) is 0 Å². The average Bonchev–Trinajstić information content (AvgIpc) is 3.16. The van der Waals surface area contributed by atoms with Crippen molar-refractivity contribution in [1.82, 2.24) is 4.90 Å². The Morgan fingerprint density at radius 2 is 1.39 bits per heavy atom. The Morgan fingerprint density at radius 3 is 1.97 bits per heavy atom. The fraction of sp³-hybridized carbons (Fsp3) is 0.538. The second-order valence-corrected chi connectivity index (χ2v) is 10.6. The van der Waals surface area contributed by atoms with E-state index in [4.69, 9.17) is 14.2 Å². The Hall–Kier alpha value is -2.24. The molecule has 168 valence electrons. The van der Waals surface area contributed by atoms with E-state index in [1.807, 2.05) is 6.07 Å². The lowest BCUT2D eigenvalue weighted by atomic mass is 9.77. The number of morpholine rings is 1. The van der Waals surface area contributed by atoms with Crippen LogP contribution in [-0.2, 0) is 15.6 Å². The van der Waals surface area contributed by atoms with E-state index in [2.05, 4.69) is 70.7 Å². The highest BCUT2D eigenvalue weighted by Gasteiger charge is 2.32. The molecule has 1 atom stereocenters. The van der Waals surface area contributed by atoms with Gasteiger partial charge in [-0.3, -0.25) is 4.90 Å². The van der Waals surface area contributed by atoms with Crippen LogP contribution in [0.3, 0.4) is 0 Å². The predicted molar refractivity (Wildman–Crippen MR) is 122 cm³/mol. The lowest BCUT2D eigenvalue weighted by Crippen LogP contribution is -2.39. The van der Waals surface area contributed by atoms with Gasteiger partial charge in [0.15, 0.2) is 11.5 Å². The molecule has 1 unspecified atom stereocenters. The molecule has 2 aliphatic rings. The van der Waals surface area contributed by atoms with Gasteiger partial charge in [0.2, 0.25) is 6.79 Å². The summed E-state index contributed by atoms with van der Waals surface area (Å²) in [7, 11) is 0. The number of ether oxygens (including phenoxy) is 3. The molecule has 2 aliphatic heterocycles. The summed E-state index contributed by atoms with van der Waals surface area (Å²) < 4.78 is 16.9. The van der Waals surface area contributed by atoms with Crippen molar-refractivity contribution < 1.29 is 19.3 Å². The normalized spacial score (nSPS) is 18.3. The van der Waals surface area contributed by atoms with Crippen LogP contribution in [0.15, 0.2) is 30.3 Å². The second-order valence-electron chi connectivity index (χ2n) is 10.6. The largest absolute Gasteiger partial charge is 0.507 e. The highest BCUT2D eigenvalue weighted by molar-refractivity contribution is 5.53. The maximum atomic E-state index is 11.2. The molecule has 0 saturated carbocycles.